The van der Waals surface area contributed by atoms with Gasteiger partial charge in [-0.3, -0.25) is 0 Å². The van der Waals surface area contributed by atoms with E-state index in [4.69, 9.17) is 0 Å². The molecule has 0 unspecified atom stereocenters. The Bertz CT molecular complexity index is 311. The fourth-order valence-corrected chi connectivity index (χ4v) is 1.83. The summed E-state index contributed by atoms with van der Waals surface area (Å²) in [6.07, 6.45) is 0. The van der Waals surface area contributed by atoms with E-state index in [1.807, 2.05) is 0 Å². The van der Waals surface area contributed by atoms with Gasteiger partial charge in [0, 0.05) is 11.3 Å². The van der Waals surface area contributed by atoms with E-state index in [0.29, 0.717) is 6.07 Å². The second kappa shape index (κ2) is 3.26. The number of hydrogen-bond acceptors (Lipinski definition) is 0. The summed E-state index contributed by atoms with van der Waals surface area (Å²) < 4.78 is 50.2. The maximum Gasteiger partial charge on any atom is 0.194 e. The highest BCUT2D eigenvalue weighted by molar-refractivity contribution is 6.52. The highest BCUT2D eigenvalue weighted by atomic mass is 28.2. The van der Waals surface area contributed by atoms with Crippen LogP contribution in [0.4, 0.5) is 17.6 Å². The number of halogens is 4. The van der Waals surface area contributed by atoms with Crippen molar-refractivity contribution in [2.45, 2.75) is 6.55 Å². The molecular weight excluding hydrogens is 188 g/mol. The molecule has 0 aromatic heterocycles. The molecule has 0 saturated carbocycles. The van der Waals surface area contributed by atoms with Crippen molar-refractivity contribution in [1.29, 1.82) is 0 Å². The summed E-state index contributed by atoms with van der Waals surface area (Å²) >= 11 is 0. The number of rotatable bonds is 1. The molecule has 0 radical (unpaired) electrons. The van der Waals surface area contributed by atoms with Crippen LogP contribution < -0.4 is 5.19 Å². The van der Waals surface area contributed by atoms with Gasteiger partial charge in [0.1, 0.15) is 5.82 Å². The summed E-state index contributed by atoms with van der Waals surface area (Å²) in [7, 11) is -1.16. The fourth-order valence-electron chi connectivity index (χ4n) is 0.928. The van der Waals surface area contributed by atoms with Crippen LogP contribution in [0.1, 0.15) is 0 Å². The maximum atomic E-state index is 12.7. The van der Waals surface area contributed by atoms with Crippen LogP contribution in [-0.4, -0.2) is 9.52 Å². The first-order chi connectivity index (χ1) is 5.57. The number of hydrogen-bond donors (Lipinski definition) is 0. The molecule has 0 spiro atoms. The zero-order chi connectivity index (χ0) is 9.30. The van der Waals surface area contributed by atoms with Gasteiger partial charge in [-0.05, 0) is 0 Å². The first kappa shape index (κ1) is 9.25. The normalized spacial score (nSPS) is 11.4. The van der Waals surface area contributed by atoms with E-state index in [-0.39, 0.29) is 5.19 Å². The van der Waals surface area contributed by atoms with Crippen LogP contribution in [0.5, 0.6) is 0 Å². The molecule has 0 amide bonds. The van der Waals surface area contributed by atoms with Crippen molar-refractivity contribution in [1.82, 2.24) is 0 Å². The first-order valence-electron chi connectivity index (χ1n) is 3.39. The van der Waals surface area contributed by atoms with Crippen molar-refractivity contribution in [2.24, 2.45) is 0 Å². The lowest BCUT2D eigenvalue weighted by molar-refractivity contribution is 0.440. The van der Waals surface area contributed by atoms with Crippen LogP contribution in [0.2, 0.25) is 6.55 Å². The Morgan fingerprint density at radius 1 is 1.00 bits per heavy atom. The van der Waals surface area contributed by atoms with Crippen molar-refractivity contribution in [2.75, 3.05) is 0 Å². The van der Waals surface area contributed by atoms with Crippen LogP contribution in [0.3, 0.4) is 0 Å². The highest BCUT2D eigenvalue weighted by Crippen LogP contribution is 2.10. The van der Waals surface area contributed by atoms with Crippen molar-refractivity contribution >= 4 is 14.7 Å². The van der Waals surface area contributed by atoms with Gasteiger partial charge in [0.2, 0.25) is 0 Å². The molecular formula is C7H6F4Si. The van der Waals surface area contributed by atoms with E-state index < -0.39 is 32.8 Å². The van der Waals surface area contributed by atoms with Crippen LogP contribution in [0.25, 0.3) is 0 Å². The summed E-state index contributed by atoms with van der Waals surface area (Å²) in [6, 6.07) is 0.379. The van der Waals surface area contributed by atoms with Gasteiger partial charge in [-0.25, -0.2) is 17.6 Å². The average molecular weight is 194 g/mol. The molecule has 0 aliphatic carbocycles. The minimum Gasteiger partial charge on any atom is -0.207 e. The van der Waals surface area contributed by atoms with Crippen molar-refractivity contribution in [3.8, 4) is 0 Å². The van der Waals surface area contributed by atoms with E-state index >= 15 is 0 Å². The average Bonchev–Trinajstić information content (AvgIpc) is 2.01. The topological polar surface area (TPSA) is 0 Å². The first-order valence-corrected chi connectivity index (χ1v) is 5.52. The molecule has 0 nitrogen and oxygen atoms in total. The standard InChI is InChI=1S/C7H6F4Si/c1-12-7-4(9)2-3(8)5(10)6(7)11/h2H,12H2,1H3. The molecule has 12 heavy (non-hydrogen) atoms. The third-order valence-electron chi connectivity index (χ3n) is 1.56. The second-order valence-electron chi connectivity index (χ2n) is 2.30. The molecule has 66 valence electrons. The van der Waals surface area contributed by atoms with Gasteiger partial charge in [-0.2, -0.15) is 0 Å². The summed E-state index contributed by atoms with van der Waals surface area (Å²) in [5.41, 5.74) is 0. The summed E-state index contributed by atoms with van der Waals surface area (Å²) in [4.78, 5) is 0. The highest BCUT2D eigenvalue weighted by Gasteiger charge is 2.16. The quantitative estimate of drug-likeness (QED) is 0.272. The smallest absolute Gasteiger partial charge is 0.194 e. The maximum absolute atomic E-state index is 12.7. The lowest BCUT2D eigenvalue weighted by Crippen LogP contribution is -2.22. The van der Waals surface area contributed by atoms with E-state index in [9.17, 15) is 17.6 Å². The summed E-state index contributed by atoms with van der Waals surface area (Å²) in [6.45, 7) is 1.60. The van der Waals surface area contributed by atoms with Crippen LogP contribution in [0, 0.1) is 23.3 Å². The van der Waals surface area contributed by atoms with Crippen LogP contribution in [-0.2, 0) is 0 Å². The Labute approximate surface area is 69.0 Å². The molecule has 0 atom stereocenters. The summed E-state index contributed by atoms with van der Waals surface area (Å²) in [5.74, 6) is -5.42. The van der Waals surface area contributed by atoms with Crippen LogP contribution >= 0.6 is 0 Å². The molecule has 0 saturated heterocycles. The molecule has 1 rings (SSSR count). The Morgan fingerprint density at radius 2 is 1.58 bits per heavy atom. The SMILES string of the molecule is C[SiH2]c1c(F)cc(F)c(F)c1F. The predicted octanol–water partition coefficient (Wildman–Crippen LogP) is 1.09. The molecule has 5 heteroatoms. The number of benzene rings is 1. The van der Waals surface area contributed by atoms with Gasteiger partial charge in [-0.15, -0.1) is 0 Å². The second-order valence-corrected chi connectivity index (χ2v) is 3.71. The molecule has 0 heterocycles. The minimum absolute atomic E-state index is 0.283. The van der Waals surface area contributed by atoms with Crippen molar-refractivity contribution in [3.63, 3.8) is 0 Å². The minimum atomic E-state index is -1.58. The lowest BCUT2D eigenvalue weighted by Gasteiger charge is -2.02. The Kier molecular flexibility index (Phi) is 2.51. The fraction of sp³-hybridized carbons (Fsp3) is 0.143. The molecule has 0 aliphatic heterocycles. The van der Waals surface area contributed by atoms with Gasteiger partial charge in [0.25, 0.3) is 0 Å². The van der Waals surface area contributed by atoms with Crippen LogP contribution in [0.15, 0.2) is 6.07 Å². The molecule has 0 N–H and O–H groups in total. The van der Waals surface area contributed by atoms with Gasteiger partial charge in [0.15, 0.2) is 17.5 Å². The van der Waals surface area contributed by atoms with Gasteiger partial charge in [-0.1, -0.05) is 6.55 Å². The Hall–Kier alpha value is -0.843. The largest absolute Gasteiger partial charge is 0.207 e. The lowest BCUT2D eigenvalue weighted by atomic mass is 10.3. The molecule has 1 aromatic carbocycles. The zero-order valence-corrected chi connectivity index (χ0v) is 7.71. The molecule has 1 aromatic rings. The Morgan fingerprint density at radius 3 is 2.08 bits per heavy atom. The summed E-state index contributed by atoms with van der Waals surface area (Å²) in [5, 5.41) is -0.283. The van der Waals surface area contributed by atoms with E-state index in [1.165, 1.54) is 0 Å². The van der Waals surface area contributed by atoms with E-state index in [2.05, 4.69) is 0 Å². The monoisotopic (exact) mass is 194 g/mol. The van der Waals surface area contributed by atoms with Crippen molar-refractivity contribution in [3.05, 3.63) is 29.3 Å². The Balaban J connectivity index is 3.40. The van der Waals surface area contributed by atoms with Gasteiger partial charge in [0.05, 0.1) is 9.52 Å². The van der Waals surface area contributed by atoms with Crippen molar-refractivity contribution < 1.29 is 17.6 Å². The van der Waals surface area contributed by atoms with Gasteiger partial charge >= 0.3 is 0 Å². The molecule has 0 aliphatic rings. The third-order valence-corrected chi connectivity index (χ3v) is 2.92. The predicted molar refractivity (Wildman–Crippen MR) is 40.3 cm³/mol. The molecule has 0 bridgehead atoms. The van der Waals surface area contributed by atoms with E-state index in [0.717, 1.165) is 0 Å². The third kappa shape index (κ3) is 1.36. The van der Waals surface area contributed by atoms with E-state index in [1.54, 1.807) is 6.55 Å². The zero-order valence-electron chi connectivity index (χ0n) is 6.30. The van der Waals surface area contributed by atoms with Gasteiger partial charge < -0.3 is 0 Å². The molecule has 0 fully saturated rings.